The molecular formula is C22H27N3O3S2. The number of hydrogen-bond acceptors (Lipinski definition) is 4. The summed E-state index contributed by atoms with van der Waals surface area (Å²) in [4.78, 5) is 12.2. The van der Waals surface area contributed by atoms with Gasteiger partial charge < -0.3 is 10.6 Å². The normalized spacial score (nSPS) is 14.3. The summed E-state index contributed by atoms with van der Waals surface area (Å²) in [7, 11) is -3.72. The summed E-state index contributed by atoms with van der Waals surface area (Å²) in [6.07, 6.45) is 5.06. The van der Waals surface area contributed by atoms with E-state index in [0.29, 0.717) is 23.7 Å². The van der Waals surface area contributed by atoms with E-state index < -0.39 is 10.0 Å². The van der Waals surface area contributed by atoms with Crippen molar-refractivity contribution in [3.05, 3.63) is 53.6 Å². The van der Waals surface area contributed by atoms with Gasteiger partial charge in [0.05, 0.1) is 10.6 Å². The average molecular weight is 446 g/mol. The summed E-state index contributed by atoms with van der Waals surface area (Å²) >= 11 is 5.20. The smallest absolute Gasteiger partial charge is 0.261 e. The average Bonchev–Trinajstić information content (AvgIpc) is 3.18. The van der Waals surface area contributed by atoms with Gasteiger partial charge in [-0.05, 0) is 80.2 Å². The lowest BCUT2D eigenvalue weighted by Gasteiger charge is -2.14. The van der Waals surface area contributed by atoms with E-state index in [1.54, 1.807) is 12.1 Å². The Morgan fingerprint density at radius 3 is 2.23 bits per heavy atom. The lowest BCUT2D eigenvalue weighted by molar-refractivity contribution is -0.120. The highest BCUT2D eigenvalue weighted by atomic mass is 32.2. The third-order valence-electron chi connectivity index (χ3n) is 5.34. The molecule has 8 heteroatoms. The number of amides is 1. The van der Waals surface area contributed by atoms with Crippen LogP contribution in [0.25, 0.3) is 0 Å². The number of hydrogen-bond donors (Lipinski definition) is 3. The molecule has 0 spiro atoms. The first-order valence-electron chi connectivity index (χ1n) is 10.0. The molecule has 2 aromatic rings. The second-order valence-electron chi connectivity index (χ2n) is 7.75. The molecule has 0 bridgehead atoms. The van der Waals surface area contributed by atoms with E-state index in [1.165, 1.54) is 25.0 Å². The molecule has 1 amide bonds. The largest absolute Gasteiger partial charge is 0.332 e. The number of sulfonamides is 1. The Morgan fingerprint density at radius 2 is 1.63 bits per heavy atom. The van der Waals surface area contributed by atoms with Crippen LogP contribution in [0.5, 0.6) is 0 Å². The maximum Gasteiger partial charge on any atom is 0.261 e. The quantitative estimate of drug-likeness (QED) is 0.570. The zero-order chi connectivity index (χ0) is 21.7. The summed E-state index contributed by atoms with van der Waals surface area (Å²) in [6.45, 7) is 3.72. The summed E-state index contributed by atoms with van der Waals surface area (Å²) in [5.41, 5.74) is 2.91. The van der Waals surface area contributed by atoms with Crippen molar-refractivity contribution < 1.29 is 13.2 Å². The van der Waals surface area contributed by atoms with Crippen LogP contribution in [0, 0.1) is 19.8 Å². The van der Waals surface area contributed by atoms with Gasteiger partial charge in [-0.15, -0.1) is 0 Å². The van der Waals surface area contributed by atoms with Gasteiger partial charge in [0.1, 0.15) is 0 Å². The molecule has 1 aliphatic carbocycles. The SMILES string of the molecule is Cc1cccc(C)c1NS(=O)(=O)c1ccc(NC(=S)NC(=O)CC2CCCC2)cc1. The first-order valence-corrected chi connectivity index (χ1v) is 11.9. The van der Waals surface area contributed by atoms with Crippen LogP contribution in [0.15, 0.2) is 47.4 Å². The molecule has 0 atom stereocenters. The highest BCUT2D eigenvalue weighted by Crippen LogP contribution is 2.27. The molecule has 0 heterocycles. The van der Waals surface area contributed by atoms with Crippen LogP contribution in [-0.2, 0) is 14.8 Å². The minimum absolute atomic E-state index is 0.0867. The Morgan fingerprint density at radius 1 is 1.03 bits per heavy atom. The first-order chi connectivity index (χ1) is 14.2. The molecule has 1 aliphatic rings. The molecule has 0 aromatic heterocycles. The monoisotopic (exact) mass is 445 g/mol. The number of rotatable bonds is 6. The molecule has 160 valence electrons. The van der Waals surface area contributed by atoms with Crippen LogP contribution in [0.3, 0.4) is 0 Å². The highest BCUT2D eigenvalue weighted by Gasteiger charge is 2.19. The van der Waals surface area contributed by atoms with Crippen molar-refractivity contribution in [3.8, 4) is 0 Å². The van der Waals surface area contributed by atoms with Crippen molar-refractivity contribution in [2.45, 2.75) is 50.8 Å². The van der Waals surface area contributed by atoms with E-state index >= 15 is 0 Å². The number of para-hydroxylation sites is 1. The zero-order valence-corrected chi connectivity index (χ0v) is 18.8. The fraction of sp³-hybridized carbons (Fsp3) is 0.364. The molecule has 0 unspecified atom stereocenters. The maximum atomic E-state index is 12.7. The maximum absolute atomic E-state index is 12.7. The fourth-order valence-corrected chi connectivity index (χ4v) is 5.14. The van der Waals surface area contributed by atoms with Crippen molar-refractivity contribution in [2.75, 3.05) is 10.0 Å². The van der Waals surface area contributed by atoms with E-state index in [1.807, 2.05) is 32.0 Å². The summed E-state index contributed by atoms with van der Waals surface area (Å²) in [5.74, 6) is 0.359. The van der Waals surface area contributed by atoms with Crippen LogP contribution in [0.1, 0.15) is 43.2 Å². The van der Waals surface area contributed by atoms with Crippen molar-refractivity contribution in [3.63, 3.8) is 0 Å². The van der Waals surface area contributed by atoms with E-state index in [0.717, 1.165) is 24.0 Å². The van der Waals surface area contributed by atoms with Gasteiger partial charge in [0.15, 0.2) is 5.11 Å². The zero-order valence-electron chi connectivity index (χ0n) is 17.2. The number of anilines is 2. The van der Waals surface area contributed by atoms with Gasteiger partial charge in [-0.1, -0.05) is 31.0 Å². The Labute approximate surface area is 183 Å². The van der Waals surface area contributed by atoms with Crippen LogP contribution >= 0.6 is 12.2 Å². The third kappa shape index (κ3) is 5.79. The molecule has 1 fully saturated rings. The molecule has 3 N–H and O–H groups in total. The van der Waals surface area contributed by atoms with Crippen LogP contribution in [-0.4, -0.2) is 19.4 Å². The molecule has 0 saturated heterocycles. The Kier molecular flexibility index (Phi) is 7.10. The van der Waals surface area contributed by atoms with Crippen molar-refractivity contribution in [1.82, 2.24) is 5.32 Å². The molecule has 0 aliphatic heterocycles. The number of aryl methyl sites for hydroxylation is 2. The predicted molar refractivity (Wildman–Crippen MR) is 124 cm³/mol. The number of thiocarbonyl (C=S) groups is 1. The minimum Gasteiger partial charge on any atom is -0.332 e. The molecular weight excluding hydrogens is 418 g/mol. The number of benzene rings is 2. The lowest BCUT2D eigenvalue weighted by atomic mass is 10.0. The van der Waals surface area contributed by atoms with Gasteiger partial charge >= 0.3 is 0 Å². The van der Waals surface area contributed by atoms with E-state index in [4.69, 9.17) is 12.2 Å². The van der Waals surface area contributed by atoms with Gasteiger partial charge in [-0.25, -0.2) is 8.42 Å². The Balaban J connectivity index is 1.59. The van der Waals surface area contributed by atoms with Crippen LogP contribution < -0.4 is 15.4 Å². The van der Waals surface area contributed by atoms with Crippen LogP contribution in [0.2, 0.25) is 0 Å². The highest BCUT2D eigenvalue weighted by molar-refractivity contribution is 7.92. The summed E-state index contributed by atoms with van der Waals surface area (Å²) in [6, 6.07) is 11.9. The van der Waals surface area contributed by atoms with E-state index in [9.17, 15) is 13.2 Å². The van der Waals surface area contributed by atoms with Gasteiger partial charge in [0, 0.05) is 12.1 Å². The lowest BCUT2D eigenvalue weighted by Crippen LogP contribution is -2.34. The van der Waals surface area contributed by atoms with Crippen molar-refractivity contribution in [1.29, 1.82) is 0 Å². The predicted octanol–water partition coefficient (Wildman–Crippen LogP) is 4.50. The molecule has 1 saturated carbocycles. The van der Waals surface area contributed by atoms with E-state index in [-0.39, 0.29) is 15.9 Å². The Hall–Kier alpha value is -2.45. The molecule has 6 nitrogen and oxygen atoms in total. The molecule has 30 heavy (non-hydrogen) atoms. The Bertz CT molecular complexity index is 1010. The second kappa shape index (κ2) is 9.57. The van der Waals surface area contributed by atoms with Crippen molar-refractivity contribution in [2.24, 2.45) is 5.92 Å². The number of carbonyl (C=O) groups excluding carboxylic acids is 1. The van der Waals surface area contributed by atoms with E-state index in [2.05, 4.69) is 15.4 Å². The van der Waals surface area contributed by atoms with Gasteiger partial charge in [-0.2, -0.15) is 0 Å². The second-order valence-corrected chi connectivity index (χ2v) is 9.84. The minimum atomic E-state index is -3.72. The summed E-state index contributed by atoms with van der Waals surface area (Å²) in [5, 5.41) is 5.84. The fourth-order valence-electron chi connectivity index (χ4n) is 3.70. The first kappa shape index (κ1) is 22.2. The number of carbonyl (C=O) groups is 1. The van der Waals surface area contributed by atoms with Gasteiger partial charge in [-0.3, -0.25) is 9.52 Å². The molecule has 2 aromatic carbocycles. The van der Waals surface area contributed by atoms with Gasteiger partial charge in [0.25, 0.3) is 10.0 Å². The summed E-state index contributed by atoms with van der Waals surface area (Å²) < 4.78 is 28.1. The molecule has 0 radical (unpaired) electrons. The third-order valence-corrected chi connectivity index (χ3v) is 6.91. The molecule has 3 rings (SSSR count). The van der Waals surface area contributed by atoms with Gasteiger partial charge in [0.2, 0.25) is 5.91 Å². The number of nitrogens with one attached hydrogen (secondary N) is 3. The standard InChI is InChI=1S/C22H27N3O3S2/c1-15-6-5-7-16(2)21(15)25-30(27,28)19-12-10-18(11-13-19)23-22(29)24-20(26)14-17-8-3-4-9-17/h5-7,10-13,17,25H,3-4,8-9,14H2,1-2H3,(H2,23,24,26,29). The van der Waals surface area contributed by atoms with Crippen molar-refractivity contribution >= 4 is 44.6 Å². The van der Waals surface area contributed by atoms with Crippen LogP contribution in [0.4, 0.5) is 11.4 Å². The topological polar surface area (TPSA) is 87.3 Å².